The number of morpholine rings is 1. The van der Waals surface area contributed by atoms with Gasteiger partial charge in [-0.15, -0.1) is 0 Å². The monoisotopic (exact) mass is 258 g/mol. The lowest BCUT2D eigenvalue weighted by Gasteiger charge is -2.53. The van der Waals surface area contributed by atoms with Crippen LogP contribution in [0.2, 0.25) is 0 Å². The minimum atomic E-state index is -0.0255. The molecule has 2 saturated heterocycles. The molecule has 0 aliphatic carbocycles. The first-order valence-corrected chi connectivity index (χ1v) is 7.76. The minimum absolute atomic E-state index is 0.0255. The smallest absolute Gasteiger partial charge is 0.0753 e. The van der Waals surface area contributed by atoms with Crippen molar-refractivity contribution in [2.24, 2.45) is 5.73 Å². The molecule has 2 rings (SSSR count). The van der Waals surface area contributed by atoms with Gasteiger partial charge in [0, 0.05) is 30.4 Å². The molecule has 17 heavy (non-hydrogen) atoms. The summed E-state index contributed by atoms with van der Waals surface area (Å²) in [5, 5.41) is 0.634. The highest BCUT2D eigenvalue weighted by atomic mass is 32.2. The fourth-order valence-corrected chi connectivity index (χ4v) is 4.54. The van der Waals surface area contributed by atoms with Crippen molar-refractivity contribution in [3.8, 4) is 0 Å². The number of rotatable bonds is 2. The Morgan fingerprint density at radius 2 is 2.24 bits per heavy atom. The maximum absolute atomic E-state index is 6.15. The summed E-state index contributed by atoms with van der Waals surface area (Å²) < 4.78 is 5.82. The molecular formula is C13H26N2OS. The van der Waals surface area contributed by atoms with Gasteiger partial charge in [0.15, 0.2) is 0 Å². The normalized spacial score (nSPS) is 39.2. The quantitative estimate of drug-likeness (QED) is 0.818. The first-order valence-electron chi connectivity index (χ1n) is 6.71. The summed E-state index contributed by atoms with van der Waals surface area (Å²) in [6.07, 6.45) is 2.54. The molecule has 2 fully saturated rings. The third-order valence-electron chi connectivity index (χ3n) is 4.29. The van der Waals surface area contributed by atoms with Crippen LogP contribution in [-0.4, -0.2) is 53.3 Å². The van der Waals surface area contributed by atoms with Crippen molar-refractivity contribution in [2.75, 3.05) is 32.0 Å². The molecular weight excluding hydrogens is 232 g/mol. The van der Waals surface area contributed by atoms with Gasteiger partial charge >= 0.3 is 0 Å². The Hall–Kier alpha value is 0.230. The molecule has 0 radical (unpaired) electrons. The van der Waals surface area contributed by atoms with Crippen LogP contribution < -0.4 is 5.73 Å². The Kier molecular flexibility index (Phi) is 4.08. The van der Waals surface area contributed by atoms with E-state index in [0.29, 0.717) is 5.25 Å². The van der Waals surface area contributed by atoms with Crippen molar-refractivity contribution in [3.63, 3.8) is 0 Å². The second-order valence-electron chi connectivity index (χ2n) is 5.95. The molecule has 100 valence electrons. The van der Waals surface area contributed by atoms with E-state index in [1.165, 1.54) is 18.6 Å². The topological polar surface area (TPSA) is 38.5 Å². The first-order chi connectivity index (χ1) is 8.00. The molecule has 0 bridgehead atoms. The molecule has 0 spiro atoms. The van der Waals surface area contributed by atoms with Gasteiger partial charge in [-0.25, -0.2) is 0 Å². The zero-order chi connectivity index (χ0) is 12.5. The Bertz CT molecular complexity index is 272. The molecule has 2 heterocycles. The molecule has 2 unspecified atom stereocenters. The average Bonchev–Trinajstić information content (AvgIpc) is 2.28. The highest BCUT2D eigenvalue weighted by Crippen LogP contribution is 2.39. The van der Waals surface area contributed by atoms with Crippen LogP contribution in [0.15, 0.2) is 0 Å². The Balaban J connectivity index is 2.16. The summed E-state index contributed by atoms with van der Waals surface area (Å²) >= 11 is 2.08. The molecule has 0 saturated carbocycles. The predicted molar refractivity (Wildman–Crippen MR) is 74.5 cm³/mol. The Morgan fingerprint density at radius 3 is 2.82 bits per heavy atom. The van der Waals surface area contributed by atoms with E-state index in [9.17, 15) is 0 Å². The second kappa shape index (κ2) is 5.08. The maximum atomic E-state index is 6.15. The van der Waals surface area contributed by atoms with Crippen molar-refractivity contribution in [2.45, 2.75) is 50.0 Å². The molecule has 0 aromatic carbocycles. The standard InChI is InChI=1S/C13H26N2OS/c1-11-13(9-14,5-4-8-17-11)15-6-7-16-12(2,3)10-15/h11H,4-10,14H2,1-3H3. The molecule has 0 aromatic rings. The van der Waals surface area contributed by atoms with Gasteiger partial charge in [-0.1, -0.05) is 6.92 Å². The summed E-state index contributed by atoms with van der Waals surface area (Å²) in [4.78, 5) is 2.60. The van der Waals surface area contributed by atoms with Gasteiger partial charge in [0.1, 0.15) is 0 Å². The van der Waals surface area contributed by atoms with Gasteiger partial charge in [0.05, 0.1) is 12.2 Å². The molecule has 4 heteroatoms. The molecule has 2 aliphatic heterocycles. The van der Waals surface area contributed by atoms with Gasteiger partial charge in [-0.3, -0.25) is 4.90 Å². The number of hydrogen-bond acceptors (Lipinski definition) is 4. The summed E-state index contributed by atoms with van der Waals surface area (Å²) in [5.74, 6) is 1.29. The number of hydrogen-bond donors (Lipinski definition) is 1. The van der Waals surface area contributed by atoms with Crippen molar-refractivity contribution in [3.05, 3.63) is 0 Å². The van der Waals surface area contributed by atoms with Crippen molar-refractivity contribution in [1.82, 2.24) is 4.90 Å². The lowest BCUT2D eigenvalue weighted by Crippen LogP contribution is -2.66. The van der Waals surface area contributed by atoms with E-state index in [2.05, 4.69) is 37.4 Å². The molecule has 2 atom stereocenters. The van der Waals surface area contributed by atoms with Crippen LogP contribution in [0.3, 0.4) is 0 Å². The number of nitrogens with zero attached hydrogens (tertiary/aromatic N) is 1. The fourth-order valence-electron chi connectivity index (χ4n) is 3.21. The first kappa shape index (κ1) is 13.7. The largest absolute Gasteiger partial charge is 0.373 e. The van der Waals surface area contributed by atoms with Gasteiger partial charge < -0.3 is 10.5 Å². The van der Waals surface area contributed by atoms with Crippen molar-refractivity contribution < 1.29 is 4.74 Å². The van der Waals surface area contributed by atoms with Gasteiger partial charge in [-0.05, 0) is 32.4 Å². The van der Waals surface area contributed by atoms with E-state index < -0.39 is 0 Å². The van der Waals surface area contributed by atoms with Crippen LogP contribution in [0.4, 0.5) is 0 Å². The van der Waals surface area contributed by atoms with E-state index in [1.807, 2.05) is 0 Å². The third kappa shape index (κ3) is 2.65. The zero-order valence-corrected chi connectivity index (χ0v) is 12.2. The van der Waals surface area contributed by atoms with E-state index in [0.717, 1.165) is 26.2 Å². The van der Waals surface area contributed by atoms with E-state index >= 15 is 0 Å². The van der Waals surface area contributed by atoms with E-state index in [1.54, 1.807) is 0 Å². The highest BCUT2D eigenvalue weighted by Gasteiger charge is 2.45. The summed E-state index contributed by atoms with van der Waals surface area (Å²) in [6, 6.07) is 0. The number of ether oxygens (including phenoxy) is 1. The molecule has 0 aromatic heterocycles. The minimum Gasteiger partial charge on any atom is -0.373 e. The SMILES string of the molecule is CC1SCCCC1(CN)N1CCOC(C)(C)C1. The highest BCUT2D eigenvalue weighted by molar-refractivity contribution is 8.00. The van der Waals surface area contributed by atoms with Crippen LogP contribution in [0.5, 0.6) is 0 Å². The van der Waals surface area contributed by atoms with Crippen LogP contribution in [0.1, 0.15) is 33.6 Å². The predicted octanol–water partition coefficient (Wildman–Crippen LogP) is 1.71. The van der Waals surface area contributed by atoms with Gasteiger partial charge in [0.2, 0.25) is 0 Å². The molecule has 2 aliphatic rings. The van der Waals surface area contributed by atoms with Crippen LogP contribution >= 0.6 is 11.8 Å². The Morgan fingerprint density at radius 1 is 1.47 bits per heavy atom. The summed E-state index contributed by atoms with van der Waals surface area (Å²) in [7, 11) is 0. The summed E-state index contributed by atoms with van der Waals surface area (Å²) in [5.41, 5.74) is 6.33. The average molecular weight is 258 g/mol. The summed E-state index contributed by atoms with van der Waals surface area (Å²) in [6.45, 7) is 10.4. The molecule has 0 amide bonds. The van der Waals surface area contributed by atoms with Gasteiger partial charge in [-0.2, -0.15) is 11.8 Å². The molecule has 3 nitrogen and oxygen atoms in total. The number of nitrogens with two attached hydrogens (primary N) is 1. The van der Waals surface area contributed by atoms with Gasteiger partial charge in [0.25, 0.3) is 0 Å². The van der Waals surface area contributed by atoms with E-state index in [-0.39, 0.29) is 11.1 Å². The lowest BCUT2D eigenvalue weighted by atomic mass is 9.85. The van der Waals surface area contributed by atoms with Crippen LogP contribution in [0, 0.1) is 0 Å². The lowest BCUT2D eigenvalue weighted by molar-refractivity contribution is -0.117. The fraction of sp³-hybridized carbons (Fsp3) is 1.00. The van der Waals surface area contributed by atoms with Crippen molar-refractivity contribution >= 4 is 11.8 Å². The molecule has 2 N–H and O–H groups in total. The zero-order valence-electron chi connectivity index (χ0n) is 11.4. The maximum Gasteiger partial charge on any atom is 0.0753 e. The number of thioether (sulfide) groups is 1. The Labute approximate surface area is 109 Å². The van der Waals surface area contributed by atoms with E-state index in [4.69, 9.17) is 10.5 Å². The van der Waals surface area contributed by atoms with Crippen molar-refractivity contribution in [1.29, 1.82) is 0 Å². The van der Waals surface area contributed by atoms with Crippen LogP contribution in [0.25, 0.3) is 0 Å². The third-order valence-corrected chi connectivity index (χ3v) is 5.75. The van der Waals surface area contributed by atoms with Crippen LogP contribution in [-0.2, 0) is 4.74 Å². The second-order valence-corrected chi connectivity index (χ2v) is 7.40.